The lowest BCUT2D eigenvalue weighted by molar-refractivity contribution is -0.143. The number of hydrogen-bond acceptors (Lipinski definition) is 5. The number of carbonyl (C=O) groups excluding carboxylic acids is 2. The van der Waals surface area contributed by atoms with Crippen LogP contribution in [0.3, 0.4) is 0 Å². The van der Waals surface area contributed by atoms with E-state index in [1.807, 2.05) is 6.08 Å². The van der Waals surface area contributed by atoms with Gasteiger partial charge in [0.15, 0.2) is 0 Å². The number of aliphatic hydroxyl groups excluding tert-OH is 2. The third-order valence-electron chi connectivity index (χ3n) is 13.4. The van der Waals surface area contributed by atoms with E-state index in [-0.39, 0.29) is 18.5 Å². The average Bonchev–Trinajstić information content (AvgIpc) is 3.32. The molecule has 0 aliphatic heterocycles. The lowest BCUT2D eigenvalue weighted by Gasteiger charge is -2.20. The Bertz CT molecular complexity index is 1070. The molecular weight excluding hydrogens is 815 g/mol. The van der Waals surface area contributed by atoms with Crippen LogP contribution < -0.4 is 5.32 Å². The van der Waals surface area contributed by atoms with Crippen molar-refractivity contribution in [2.45, 2.75) is 321 Å². The lowest BCUT2D eigenvalue weighted by atomic mass is 10.0. The standard InChI is InChI=1S/C60H113NO5/c1-3-5-7-9-11-13-15-16-31-34-38-42-46-50-54-60(65)66-55-51-47-43-39-35-32-29-27-25-23-21-19-17-18-20-22-24-26-28-30-33-37-41-45-49-53-59(64)61-57(56-62)58(63)52-48-44-40-36-14-12-10-8-6-4-2/h9,11,15-16,48,52,57-58,62-63H,3-8,10,12-14,17-47,49-51,53-56H2,1-2H3,(H,61,64)/b11-9-,16-15-,52-48+. The Labute approximate surface area is 411 Å². The van der Waals surface area contributed by atoms with Crippen LogP contribution in [0.5, 0.6) is 0 Å². The summed E-state index contributed by atoms with van der Waals surface area (Å²) in [6, 6.07) is -0.625. The lowest BCUT2D eigenvalue weighted by Crippen LogP contribution is -2.45. The topological polar surface area (TPSA) is 95.9 Å². The molecule has 0 aromatic rings. The number of allylic oxidation sites excluding steroid dienone is 5. The van der Waals surface area contributed by atoms with Crippen molar-refractivity contribution in [3.8, 4) is 0 Å². The number of nitrogens with one attached hydrogen (secondary N) is 1. The van der Waals surface area contributed by atoms with Crippen molar-refractivity contribution in [1.29, 1.82) is 0 Å². The minimum Gasteiger partial charge on any atom is -0.466 e. The van der Waals surface area contributed by atoms with Gasteiger partial charge in [-0.2, -0.15) is 0 Å². The minimum absolute atomic E-state index is 0.000902. The third kappa shape index (κ3) is 51.5. The van der Waals surface area contributed by atoms with Gasteiger partial charge in [-0.05, 0) is 57.8 Å². The Morgan fingerprint density at radius 2 is 0.773 bits per heavy atom. The first-order chi connectivity index (χ1) is 32.5. The summed E-state index contributed by atoms with van der Waals surface area (Å²) in [5.74, 6) is -0.0672. The summed E-state index contributed by atoms with van der Waals surface area (Å²) in [4.78, 5) is 24.4. The van der Waals surface area contributed by atoms with Gasteiger partial charge in [0.05, 0.1) is 25.4 Å². The molecule has 388 valence electrons. The zero-order valence-corrected chi connectivity index (χ0v) is 44.2. The first-order valence-electron chi connectivity index (χ1n) is 29.3. The van der Waals surface area contributed by atoms with Crippen LogP contribution in [0.15, 0.2) is 36.5 Å². The molecule has 6 nitrogen and oxygen atoms in total. The van der Waals surface area contributed by atoms with Crippen LogP contribution in [0, 0.1) is 0 Å². The van der Waals surface area contributed by atoms with Gasteiger partial charge in [-0.1, -0.05) is 275 Å². The first-order valence-corrected chi connectivity index (χ1v) is 29.3. The van der Waals surface area contributed by atoms with Crippen LogP contribution in [0.4, 0.5) is 0 Å². The zero-order chi connectivity index (χ0) is 47.9. The molecule has 3 N–H and O–H groups in total. The number of ether oxygens (including phenoxy) is 1. The van der Waals surface area contributed by atoms with Crippen molar-refractivity contribution in [2.24, 2.45) is 0 Å². The number of rotatable bonds is 54. The highest BCUT2D eigenvalue weighted by atomic mass is 16.5. The van der Waals surface area contributed by atoms with Gasteiger partial charge < -0.3 is 20.3 Å². The van der Waals surface area contributed by atoms with Crippen LogP contribution in [-0.4, -0.2) is 47.4 Å². The van der Waals surface area contributed by atoms with Gasteiger partial charge in [-0.3, -0.25) is 9.59 Å². The summed E-state index contributed by atoms with van der Waals surface area (Å²) in [6.45, 7) is 4.84. The van der Waals surface area contributed by atoms with E-state index < -0.39 is 12.1 Å². The highest BCUT2D eigenvalue weighted by molar-refractivity contribution is 5.76. The van der Waals surface area contributed by atoms with E-state index in [0.29, 0.717) is 19.4 Å². The summed E-state index contributed by atoms with van der Waals surface area (Å²) in [7, 11) is 0. The highest BCUT2D eigenvalue weighted by Crippen LogP contribution is 2.17. The first kappa shape index (κ1) is 64.1. The summed E-state index contributed by atoms with van der Waals surface area (Å²) in [6.07, 6.45) is 69.0. The van der Waals surface area contributed by atoms with Gasteiger partial charge in [-0.15, -0.1) is 0 Å². The van der Waals surface area contributed by atoms with Crippen molar-refractivity contribution >= 4 is 11.9 Å². The summed E-state index contributed by atoms with van der Waals surface area (Å²) in [5, 5.41) is 23.0. The maximum Gasteiger partial charge on any atom is 0.305 e. The highest BCUT2D eigenvalue weighted by Gasteiger charge is 2.18. The van der Waals surface area contributed by atoms with Crippen LogP contribution in [-0.2, 0) is 14.3 Å². The second-order valence-electron chi connectivity index (χ2n) is 20.0. The van der Waals surface area contributed by atoms with Crippen molar-refractivity contribution in [3.05, 3.63) is 36.5 Å². The van der Waals surface area contributed by atoms with E-state index in [1.165, 1.54) is 231 Å². The number of esters is 1. The molecule has 6 heteroatoms. The van der Waals surface area contributed by atoms with Gasteiger partial charge >= 0.3 is 5.97 Å². The Morgan fingerprint density at radius 3 is 1.20 bits per heavy atom. The number of aliphatic hydroxyl groups is 2. The van der Waals surface area contributed by atoms with Crippen LogP contribution in [0.1, 0.15) is 309 Å². The molecule has 0 fully saturated rings. The van der Waals surface area contributed by atoms with E-state index in [0.717, 1.165) is 51.4 Å². The molecule has 0 rings (SSSR count). The van der Waals surface area contributed by atoms with E-state index >= 15 is 0 Å². The molecular formula is C60H113NO5. The second kappa shape index (κ2) is 55.7. The Kier molecular flexibility index (Phi) is 54.1. The fourth-order valence-corrected chi connectivity index (χ4v) is 8.89. The summed E-state index contributed by atoms with van der Waals surface area (Å²) < 4.78 is 5.47. The Morgan fingerprint density at radius 1 is 0.424 bits per heavy atom. The van der Waals surface area contributed by atoms with Gasteiger partial charge in [0.2, 0.25) is 5.91 Å². The normalized spacial score (nSPS) is 12.8. The van der Waals surface area contributed by atoms with E-state index in [1.54, 1.807) is 6.08 Å². The van der Waals surface area contributed by atoms with Crippen molar-refractivity contribution < 1.29 is 24.5 Å². The second-order valence-corrected chi connectivity index (χ2v) is 20.0. The molecule has 0 bridgehead atoms. The number of carbonyl (C=O) groups is 2. The van der Waals surface area contributed by atoms with Gasteiger partial charge in [0.25, 0.3) is 0 Å². The smallest absolute Gasteiger partial charge is 0.305 e. The van der Waals surface area contributed by atoms with E-state index in [2.05, 4.69) is 43.5 Å². The molecule has 0 aromatic heterocycles. The van der Waals surface area contributed by atoms with E-state index in [9.17, 15) is 19.8 Å². The average molecular weight is 929 g/mol. The predicted molar refractivity (Wildman–Crippen MR) is 287 cm³/mol. The van der Waals surface area contributed by atoms with Crippen LogP contribution >= 0.6 is 0 Å². The molecule has 2 atom stereocenters. The molecule has 2 unspecified atom stereocenters. The molecule has 0 radical (unpaired) electrons. The van der Waals surface area contributed by atoms with E-state index in [4.69, 9.17) is 4.74 Å². The summed E-state index contributed by atoms with van der Waals surface area (Å²) >= 11 is 0. The third-order valence-corrected chi connectivity index (χ3v) is 13.4. The fraction of sp³-hybridized carbons (Fsp3) is 0.867. The SMILES string of the molecule is CCCC/C=C\C/C=C\CCCCCCCC(=O)OCCCCCCCCCCCCCCCCCCCCCCCCCCCC(=O)NC(CO)C(O)/C=C/CCCCCCCCCC. The van der Waals surface area contributed by atoms with Gasteiger partial charge in [-0.25, -0.2) is 0 Å². The fourth-order valence-electron chi connectivity index (χ4n) is 8.89. The Balaban J connectivity index is 3.36. The Hall–Kier alpha value is -1.92. The van der Waals surface area contributed by atoms with Crippen molar-refractivity contribution in [3.63, 3.8) is 0 Å². The molecule has 66 heavy (non-hydrogen) atoms. The zero-order valence-electron chi connectivity index (χ0n) is 44.2. The number of hydrogen-bond donors (Lipinski definition) is 3. The molecule has 0 saturated carbocycles. The van der Waals surface area contributed by atoms with Gasteiger partial charge in [0.1, 0.15) is 0 Å². The quantitative estimate of drug-likeness (QED) is 0.0321. The number of amides is 1. The van der Waals surface area contributed by atoms with Crippen molar-refractivity contribution in [2.75, 3.05) is 13.2 Å². The molecule has 0 heterocycles. The molecule has 1 amide bonds. The predicted octanol–water partition coefficient (Wildman–Crippen LogP) is 18.0. The molecule has 0 saturated heterocycles. The molecule has 0 aromatic carbocycles. The van der Waals surface area contributed by atoms with Gasteiger partial charge in [0, 0.05) is 12.8 Å². The maximum absolute atomic E-state index is 12.4. The monoisotopic (exact) mass is 928 g/mol. The largest absolute Gasteiger partial charge is 0.466 e. The molecule has 0 spiro atoms. The molecule has 0 aliphatic carbocycles. The maximum atomic E-state index is 12.4. The summed E-state index contributed by atoms with van der Waals surface area (Å²) in [5.41, 5.74) is 0. The minimum atomic E-state index is -0.841. The van der Waals surface area contributed by atoms with Crippen LogP contribution in [0.2, 0.25) is 0 Å². The molecule has 0 aliphatic rings. The van der Waals surface area contributed by atoms with Crippen LogP contribution in [0.25, 0.3) is 0 Å². The number of unbranched alkanes of at least 4 members (excludes halogenated alkanes) is 39. The van der Waals surface area contributed by atoms with Crippen molar-refractivity contribution in [1.82, 2.24) is 5.32 Å².